The van der Waals surface area contributed by atoms with Gasteiger partial charge in [0.15, 0.2) is 5.01 Å². The van der Waals surface area contributed by atoms with Crippen molar-refractivity contribution in [1.82, 2.24) is 14.9 Å². The van der Waals surface area contributed by atoms with E-state index in [9.17, 15) is 14.9 Å². The number of aromatic nitrogens is 2. The number of nitrogens with two attached hydrogens (primary N) is 1. The van der Waals surface area contributed by atoms with Crippen molar-refractivity contribution < 1.29 is 14.3 Å². The Morgan fingerprint density at radius 1 is 1.39 bits per heavy atom. The largest absolute Gasteiger partial charge is 0.447 e. The maximum absolute atomic E-state index is 12.9. The van der Waals surface area contributed by atoms with Crippen LogP contribution < -0.4 is 11.1 Å². The molecule has 0 aliphatic heterocycles. The van der Waals surface area contributed by atoms with Crippen LogP contribution in [0.3, 0.4) is 0 Å². The molecule has 0 bridgehead atoms. The van der Waals surface area contributed by atoms with E-state index in [-0.39, 0.29) is 6.61 Å². The molecule has 3 aromatic rings. The van der Waals surface area contributed by atoms with E-state index >= 15 is 0 Å². The van der Waals surface area contributed by atoms with E-state index in [0.29, 0.717) is 32.7 Å². The third kappa shape index (κ3) is 5.10. The van der Waals surface area contributed by atoms with E-state index in [1.807, 2.05) is 6.07 Å². The average Bonchev–Trinajstić information content (AvgIpc) is 3.55. The smallest absolute Gasteiger partial charge is 0.404 e. The zero-order valence-corrected chi connectivity index (χ0v) is 20.8. The first kappa shape index (κ1) is 25.0. The molecule has 0 saturated heterocycles. The summed E-state index contributed by atoms with van der Waals surface area (Å²) in [4.78, 5) is 34.2. The van der Waals surface area contributed by atoms with Gasteiger partial charge in [-0.05, 0) is 36.5 Å². The lowest BCUT2D eigenvalue weighted by Gasteiger charge is -2.28. The van der Waals surface area contributed by atoms with Crippen LogP contribution in [0.25, 0.3) is 11.1 Å². The summed E-state index contributed by atoms with van der Waals surface area (Å²) < 4.78 is 5.03. The molecule has 3 N–H and O–H groups in total. The molecule has 1 unspecified atom stereocenters. The van der Waals surface area contributed by atoms with Crippen molar-refractivity contribution in [3.8, 4) is 29.5 Å². The summed E-state index contributed by atoms with van der Waals surface area (Å²) in [7, 11) is 1.55. The zero-order chi connectivity index (χ0) is 25.9. The third-order valence-corrected chi connectivity index (χ3v) is 7.01. The maximum Gasteiger partial charge on any atom is 0.404 e. The number of hydrogen-bond acceptors (Lipinski definition) is 7. The molecule has 0 spiro atoms. The lowest BCUT2D eigenvalue weighted by molar-refractivity contribution is 0.118. The van der Waals surface area contributed by atoms with E-state index in [4.69, 9.17) is 28.5 Å². The number of nitrogens with one attached hydrogen (secondary N) is 1. The first-order chi connectivity index (χ1) is 17.3. The minimum absolute atomic E-state index is 0.197. The fourth-order valence-electron chi connectivity index (χ4n) is 3.82. The highest BCUT2D eigenvalue weighted by molar-refractivity contribution is 7.10. The number of halogens is 1. The van der Waals surface area contributed by atoms with Crippen molar-refractivity contribution in [3.63, 3.8) is 0 Å². The predicted octanol–water partition coefficient (Wildman–Crippen LogP) is 4.70. The van der Waals surface area contributed by atoms with Crippen molar-refractivity contribution in [3.05, 3.63) is 63.2 Å². The summed E-state index contributed by atoms with van der Waals surface area (Å²) in [5.74, 6) is 2.72. The van der Waals surface area contributed by atoms with Crippen molar-refractivity contribution in [2.24, 2.45) is 5.73 Å². The summed E-state index contributed by atoms with van der Waals surface area (Å²) in [5.41, 5.74) is 7.37. The van der Waals surface area contributed by atoms with Crippen LogP contribution in [0.2, 0.25) is 5.02 Å². The molecule has 1 saturated carbocycles. The van der Waals surface area contributed by atoms with Gasteiger partial charge in [0.1, 0.15) is 17.8 Å². The fourth-order valence-corrected chi connectivity index (χ4v) is 4.66. The van der Waals surface area contributed by atoms with Gasteiger partial charge in [0.2, 0.25) is 0 Å². The number of benzene rings is 1. The molecule has 2 aromatic heterocycles. The molecule has 1 aliphatic carbocycles. The highest BCUT2D eigenvalue weighted by Gasteiger charge is 2.47. The monoisotopic (exact) mass is 520 g/mol. The average molecular weight is 521 g/mol. The second kappa shape index (κ2) is 10.2. The molecule has 3 amide bonds. The first-order valence-corrected chi connectivity index (χ1v) is 12.1. The van der Waals surface area contributed by atoms with Gasteiger partial charge in [-0.1, -0.05) is 29.8 Å². The maximum atomic E-state index is 12.9. The standard InChI is InChI=1S/C25H21ClN6O3S/c1-3-21-30-20(13-36-21)31-24(34)32(2)19(12-35-23(28)33)15-6-7-16(18(26)11-15)17-5-4-10-29-22(17)25(14-27)8-9-25/h1,4-7,10-11,13,19H,8-9,12H2,2H3,(H2,28,33)(H,31,34). The van der Waals surface area contributed by atoms with E-state index in [1.165, 1.54) is 16.2 Å². The lowest BCUT2D eigenvalue weighted by atomic mass is 9.93. The van der Waals surface area contributed by atoms with Gasteiger partial charge < -0.3 is 15.4 Å². The number of nitrogens with zero attached hydrogens (tertiary/aromatic N) is 4. The van der Waals surface area contributed by atoms with E-state index < -0.39 is 23.6 Å². The summed E-state index contributed by atoms with van der Waals surface area (Å²) in [5, 5.41) is 14.8. The van der Waals surface area contributed by atoms with E-state index in [0.717, 1.165) is 18.4 Å². The Kier molecular flexibility index (Phi) is 7.11. The number of likely N-dealkylation sites (N-methyl/N-ethyl adjacent to an activating group) is 1. The SMILES string of the molecule is C#Cc1nc(NC(=O)N(C)C(COC(N)=O)c2ccc(-c3cccnc3C3(C#N)CC3)c(Cl)c2)cs1. The van der Waals surface area contributed by atoms with Gasteiger partial charge in [0.25, 0.3) is 0 Å². The Hall–Kier alpha value is -4.12. The molecule has 0 radical (unpaired) electrons. The summed E-state index contributed by atoms with van der Waals surface area (Å²) in [6.07, 6.45) is 7.53. The lowest BCUT2D eigenvalue weighted by Crippen LogP contribution is -2.38. The quantitative estimate of drug-likeness (QED) is 0.434. The number of pyridine rings is 1. The molecular formula is C25H21ClN6O3S. The first-order valence-electron chi connectivity index (χ1n) is 10.8. The molecule has 36 heavy (non-hydrogen) atoms. The van der Waals surface area contributed by atoms with Gasteiger partial charge in [0.05, 0.1) is 17.8 Å². The number of hydrogen-bond donors (Lipinski definition) is 2. The van der Waals surface area contributed by atoms with Crippen LogP contribution in [0.4, 0.5) is 15.4 Å². The number of ether oxygens (including phenoxy) is 1. The fraction of sp³-hybridized carbons (Fsp3) is 0.240. The van der Waals surface area contributed by atoms with Gasteiger partial charge in [-0.2, -0.15) is 5.26 Å². The summed E-state index contributed by atoms with van der Waals surface area (Å²) in [6, 6.07) is 10.1. The number of carbonyl (C=O) groups is 2. The van der Waals surface area contributed by atoms with Crippen LogP contribution in [0.1, 0.15) is 35.1 Å². The Morgan fingerprint density at radius 2 is 2.17 bits per heavy atom. The molecular weight excluding hydrogens is 500 g/mol. The number of carbonyl (C=O) groups excluding carboxylic acids is 2. The summed E-state index contributed by atoms with van der Waals surface area (Å²) >= 11 is 7.92. The highest BCUT2D eigenvalue weighted by atomic mass is 35.5. The number of thiazole rings is 1. The van der Waals surface area contributed by atoms with Crippen LogP contribution in [-0.2, 0) is 10.2 Å². The van der Waals surface area contributed by atoms with Gasteiger partial charge in [-0.3, -0.25) is 10.3 Å². The molecule has 1 aromatic carbocycles. The normalized spacial score (nSPS) is 14.1. The number of terminal acetylenes is 1. The molecule has 4 rings (SSSR count). The Bertz CT molecular complexity index is 1410. The van der Waals surface area contributed by atoms with E-state index in [2.05, 4.69) is 27.3 Å². The second-order valence-electron chi connectivity index (χ2n) is 8.20. The van der Waals surface area contributed by atoms with Gasteiger partial charge in [-0.25, -0.2) is 14.6 Å². The number of amides is 3. The van der Waals surface area contributed by atoms with Crippen molar-refractivity contribution in [1.29, 1.82) is 5.26 Å². The predicted molar refractivity (Wildman–Crippen MR) is 136 cm³/mol. The molecule has 1 aliphatic rings. The molecule has 1 fully saturated rings. The zero-order valence-electron chi connectivity index (χ0n) is 19.2. The molecule has 9 nitrogen and oxygen atoms in total. The van der Waals surface area contributed by atoms with Crippen LogP contribution in [0.5, 0.6) is 0 Å². The minimum atomic E-state index is -0.971. The van der Waals surface area contributed by atoms with Crippen LogP contribution in [0, 0.1) is 23.7 Å². The Balaban J connectivity index is 1.63. The number of urea groups is 1. The van der Waals surface area contributed by atoms with Crippen LogP contribution in [0.15, 0.2) is 41.9 Å². The van der Waals surface area contributed by atoms with Crippen LogP contribution >= 0.6 is 22.9 Å². The van der Waals surface area contributed by atoms with Gasteiger partial charge in [-0.15, -0.1) is 17.8 Å². The molecule has 1 atom stereocenters. The number of anilines is 1. The third-order valence-electron chi connectivity index (χ3n) is 5.93. The van der Waals surface area contributed by atoms with Crippen LogP contribution in [-0.4, -0.2) is 40.6 Å². The molecule has 182 valence electrons. The molecule has 11 heteroatoms. The number of primary amides is 1. The Labute approximate surface area is 216 Å². The number of rotatable bonds is 7. The van der Waals surface area contributed by atoms with Crippen molar-refractivity contribution in [2.75, 3.05) is 19.0 Å². The molecule has 2 heterocycles. The van der Waals surface area contributed by atoms with Gasteiger partial charge in [0, 0.05) is 34.8 Å². The topological polar surface area (TPSA) is 134 Å². The second-order valence-corrected chi connectivity index (χ2v) is 9.47. The van der Waals surface area contributed by atoms with Gasteiger partial charge >= 0.3 is 12.1 Å². The highest BCUT2D eigenvalue weighted by Crippen LogP contribution is 2.50. The van der Waals surface area contributed by atoms with E-state index in [1.54, 1.807) is 42.9 Å². The summed E-state index contributed by atoms with van der Waals surface area (Å²) in [6.45, 7) is -0.197. The minimum Gasteiger partial charge on any atom is -0.447 e. The Morgan fingerprint density at radius 3 is 2.78 bits per heavy atom. The number of nitriles is 1. The van der Waals surface area contributed by atoms with Crippen molar-refractivity contribution in [2.45, 2.75) is 24.3 Å². The van der Waals surface area contributed by atoms with Crippen molar-refractivity contribution >= 4 is 40.9 Å².